The Labute approximate surface area is 131 Å². The number of amides is 1. The van der Waals surface area contributed by atoms with Crippen LogP contribution in [0.4, 0.5) is 22.0 Å². The summed E-state index contributed by atoms with van der Waals surface area (Å²) in [6.45, 7) is -0.136. The van der Waals surface area contributed by atoms with Crippen molar-refractivity contribution in [3.8, 4) is 0 Å². The molecule has 1 aliphatic heterocycles. The lowest BCUT2D eigenvalue weighted by Crippen LogP contribution is -2.29. The van der Waals surface area contributed by atoms with Crippen LogP contribution in [-0.2, 0) is 11.3 Å². The van der Waals surface area contributed by atoms with Crippen molar-refractivity contribution < 1.29 is 31.2 Å². The molecule has 1 aromatic heterocycles. The van der Waals surface area contributed by atoms with Crippen molar-refractivity contribution in [2.24, 2.45) is 0 Å². The Hall–Kier alpha value is -2.03. The molecule has 0 radical (unpaired) electrons. The minimum Gasteiger partial charge on any atom is -0.467 e. The molecule has 1 aromatic carbocycles. The predicted molar refractivity (Wildman–Crippen MR) is 70.7 cm³/mol. The molecular weight excluding hydrogens is 341 g/mol. The molecule has 1 unspecified atom stereocenters. The molecule has 1 aliphatic rings. The summed E-state index contributed by atoms with van der Waals surface area (Å²) < 4.78 is 72.8. The first kappa shape index (κ1) is 15.9. The van der Waals surface area contributed by atoms with E-state index in [0.717, 1.165) is 16.7 Å². The molecule has 0 bridgehead atoms. The van der Waals surface area contributed by atoms with E-state index in [4.69, 9.17) is 4.42 Å². The van der Waals surface area contributed by atoms with Crippen LogP contribution in [0.3, 0.4) is 0 Å². The summed E-state index contributed by atoms with van der Waals surface area (Å²) in [6, 6.07) is 3.09. The Morgan fingerprint density at radius 3 is 2.26 bits per heavy atom. The van der Waals surface area contributed by atoms with Gasteiger partial charge in [0, 0.05) is 0 Å². The number of rotatable bonds is 3. The largest absolute Gasteiger partial charge is 0.467 e. The highest BCUT2D eigenvalue weighted by Gasteiger charge is 2.40. The van der Waals surface area contributed by atoms with Gasteiger partial charge in [0.2, 0.25) is 11.7 Å². The summed E-state index contributed by atoms with van der Waals surface area (Å²) >= 11 is 0.784. The molecule has 0 saturated carbocycles. The van der Waals surface area contributed by atoms with Gasteiger partial charge < -0.3 is 9.32 Å². The van der Waals surface area contributed by atoms with Crippen LogP contribution in [0.2, 0.25) is 0 Å². The SMILES string of the molecule is O=C1CSC(c2c(F)c(F)c(F)c(F)c2F)N1Cc1ccco1. The van der Waals surface area contributed by atoms with E-state index in [2.05, 4.69) is 0 Å². The third-order valence-corrected chi connectivity index (χ3v) is 4.58. The minimum atomic E-state index is -2.23. The highest BCUT2D eigenvalue weighted by atomic mass is 32.2. The number of carbonyl (C=O) groups excluding carboxylic acids is 1. The van der Waals surface area contributed by atoms with Crippen molar-refractivity contribution in [2.45, 2.75) is 11.9 Å². The molecule has 0 spiro atoms. The van der Waals surface area contributed by atoms with Gasteiger partial charge in [-0.25, -0.2) is 22.0 Å². The van der Waals surface area contributed by atoms with Gasteiger partial charge in [-0.2, -0.15) is 0 Å². The van der Waals surface area contributed by atoms with E-state index in [1.807, 2.05) is 0 Å². The first-order valence-electron chi connectivity index (χ1n) is 6.36. The molecular formula is C14H8F5NO2S. The van der Waals surface area contributed by atoms with Gasteiger partial charge in [0.1, 0.15) is 11.1 Å². The lowest BCUT2D eigenvalue weighted by atomic mass is 10.1. The molecule has 1 atom stereocenters. The van der Waals surface area contributed by atoms with Gasteiger partial charge in [-0.1, -0.05) is 0 Å². The quantitative estimate of drug-likeness (QED) is 0.481. The van der Waals surface area contributed by atoms with Gasteiger partial charge in [0.25, 0.3) is 0 Å². The number of hydrogen-bond acceptors (Lipinski definition) is 3. The molecule has 9 heteroatoms. The van der Waals surface area contributed by atoms with Crippen molar-refractivity contribution in [1.29, 1.82) is 0 Å². The molecule has 2 heterocycles. The summed E-state index contributed by atoms with van der Waals surface area (Å²) in [5.74, 6) is -10.4. The molecule has 1 saturated heterocycles. The maximum Gasteiger partial charge on any atom is 0.234 e. The Kier molecular flexibility index (Phi) is 4.05. The van der Waals surface area contributed by atoms with Crippen LogP contribution in [0.15, 0.2) is 22.8 Å². The zero-order valence-corrected chi connectivity index (χ0v) is 12.1. The average Bonchev–Trinajstić information content (AvgIpc) is 3.16. The van der Waals surface area contributed by atoms with Crippen molar-refractivity contribution in [3.63, 3.8) is 0 Å². The third-order valence-electron chi connectivity index (χ3n) is 3.37. The number of hydrogen-bond donors (Lipinski definition) is 0. The zero-order valence-electron chi connectivity index (χ0n) is 11.3. The van der Waals surface area contributed by atoms with E-state index in [-0.39, 0.29) is 12.3 Å². The average molecular weight is 349 g/mol. The lowest BCUT2D eigenvalue weighted by Gasteiger charge is -2.24. The molecule has 2 aromatic rings. The topological polar surface area (TPSA) is 33.5 Å². The highest BCUT2D eigenvalue weighted by molar-refractivity contribution is 8.00. The molecule has 23 heavy (non-hydrogen) atoms. The highest BCUT2D eigenvalue weighted by Crippen LogP contribution is 2.43. The van der Waals surface area contributed by atoms with E-state index >= 15 is 0 Å². The molecule has 3 nitrogen and oxygen atoms in total. The van der Waals surface area contributed by atoms with Crippen molar-refractivity contribution in [1.82, 2.24) is 4.90 Å². The number of benzene rings is 1. The van der Waals surface area contributed by atoms with Crippen molar-refractivity contribution in [3.05, 3.63) is 58.8 Å². The first-order chi connectivity index (χ1) is 10.9. The third kappa shape index (κ3) is 2.58. The molecule has 1 amide bonds. The van der Waals surface area contributed by atoms with E-state index in [1.165, 1.54) is 12.3 Å². The number of furan rings is 1. The van der Waals surface area contributed by atoms with Gasteiger partial charge in [0.05, 0.1) is 24.1 Å². The smallest absolute Gasteiger partial charge is 0.234 e. The number of thioether (sulfide) groups is 1. The van der Waals surface area contributed by atoms with Crippen LogP contribution in [0.1, 0.15) is 16.7 Å². The fraction of sp³-hybridized carbons (Fsp3) is 0.214. The van der Waals surface area contributed by atoms with Crippen LogP contribution >= 0.6 is 11.8 Å². The second-order valence-electron chi connectivity index (χ2n) is 4.75. The fourth-order valence-corrected chi connectivity index (χ4v) is 3.49. The van der Waals surface area contributed by atoms with Gasteiger partial charge >= 0.3 is 0 Å². The van der Waals surface area contributed by atoms with Gasteiger partial charge in [0.15, 0.2) is 23.3 Å². The Balaban J connectivity index is 2.05. The Morgan fingerprint density at radius 1 is 1.09 bits per heavy atom. The van der Waals surface area contributed by atoms with Crippen LogP contribution in [0.5, 0.6) is 0 Å². The summed E-state index contributed by atoms with van der Waals surface area (Å²) in [5.41, 5.74) is -1.02. The summed E-state index contributed by atoms with van der Waals surface area (Å²) in [5, 5.41) is -1.32. The molecule has 122 valence electrons. The fourth-order valence-electron chi connectivity index (χ4n) is 2.27. The summed E-state index contributed by atoms with van der Waals surface area (Å²) in [4.78, 5) is 12.9. The van der Waals surface area contributed by atoms with E-state index < -0.39 is 45.9 Å². The maximum absolute atomic E-state index is 13.9. The van der Waals surface area contributed by atoms with E-state index in [0.29, 0.717) is 5.76 Å². The monoisotopic (exact) mass is 349 g/mol. The lowest BCUT2D eigenvalue weighted by molar-refractivity contribution is -0.128. The first-order valence-corrected chi connectivity index (χ1v) is 7.41. The van der Waals surface area contributed by atoms with Crippen LogP contribution in [0, 0.1) is 29.1 Å². The van der Waals surface area contributed by atoms with Crippen LogP contribution in [0.25, 0.3) is 0 Å². The standard InChI is InChI=1S/C14H8F5NO2S/c15-9-8(10(16)12(18)13(19)11(9)17)14-20(7(21)5-23-14)4-6-2-1-3-22-6/h1-3,14H,4-5H2. The minimum absolute atomic E-state index is 0.134. The normalized spacial score (nSPS) is 18.0. The Bertz CT molecular complexity index is 736. The van der Waals surface area contributed by atoms with Crippen molar-refractivity contribution >= 4 is 17.7 Å². The van der Waals surface area contributed by atoms with Crippen LogP contribution in [-0.4, -0.2) is 16.6 Å². The number of nitrogens with zero attached hydrogens (tertiary/aromatic N) is 1. The molecule has 0 N–H and O–H groups in total. The zero-order chi connectivity index (χ0) is 16.7. The predicted octanol–water partition coefficient (Wildman–Crippen LogP) is 3.75. The number of halogens is 5. The summed E-state index contributed by atoms with van der Waals surface area (Å²) in [6.07, 6.45) is 1.34. The molecule has 0 aliphatic carbocycles. The van der Waals surface area contributed by atoms with E-state index in [9.17, 15) is 26.7 Å². The van der Waals surface area contributed by atoms with Gasteiger partial charge in [-0.3, -0.25) is 4.79 Å². The van der Waals surface area contributed by atoms with Crippen LogP contribution < -0.4 is 0 Å². The van der Waals surface area contributed by atoms with Gasteiger partial charge in [-0.15, -0.1) is 11.8 Å². The summed E-state index contributed by atoms with van der Waals surface area (Å²) in [7, 11) is 0. The van der Waals surface area contributed by atoms with E-state index in [1.54, 1.807) is 6.07 Å². The van der Waals surface area contributed by atoms with Gasteiger partial charge in [-0.05, 0) is 12.1 Å². The number of carbonyl (C=O) groups is 1. The maximum atomic E-state index is 13.9. The second-order valence-corrected chi connectivity index (χ2v) is 5.82. The Morgan fingerprint density at radius 2 is 1.70 bits per heavy atom. The second kappa shape index (κ2) is 5.88. The molecule has 3 rings (SSSR count). The molecule has 1 fully saturated rings. The van der Waals surface area contributed by atoms with Crippen molar-refractivity contribution in [2.75, 3.05) is 5.75 Å².